The second kappa shape index (κ2) is 9.96. The van der Waals surface area contributed by atoms with Crippen molar-refractivity contribution in [2.75, 3.05) is 11.5 Å². The number of esters is 1. The van der Waals surface area contributed by atoms with Crippen molar-refractivity contribution in [3.63, 3.8) is 0 Å². The lowest BCUT2D eigenvalue weighted by Crippen LogP contribution is -2.44. The molecule has 6 nitrogen and oxygen atoms in total. The van der Waals surface area contributed by atoms with E-state index >= 15 is 0 Å². The number of aryl methyl sites for hydroxylation is 2. The number of fused-ring (bicyclic) bond motifs is 1. The maximum Gasteiger partial charge on any atom is 0.312 e. The van der Waals surface area contributed by atoms with Crippen molar-refractivity contribution in [2.45, 2.75) is 45.8 Å². The van der Waals surface area contributed by atoms with Crippen molar-refractivity contribution in [3.8, 4) is 5.75 Å². The number of rotatable bonds is 7. The predicted molar refractivity (Wildman–Crippen MR) is 124 cm³/mol. The Morgan fingerprint density at radius 2 is 1.94 bits per heavy atom. The number of thiazole rings is 1. The van der Waals surface area contributed by atoms with Gasteiger partial charge in [-0.05, 0) is 50.5 Å². The van der Waals surface area contributed by atoms with E-state index < -0.39 is 5.97 Å². The number of carbonyl (C=O) groups is 2. The molecule has 4 rings (SSSR count). The largest absolute Gasteiger partial charge is 0.486 e. The number of hydrogen-bond donors (Lipinski definition) is 0. The predicted octanol–water partition coefficient (Wildman–Crippen LogP) is 4.48. The maximum atomic E-state index is 12.8. The lowest BCUT2D eigenvalue weighted by atomic mass is 9.96. The van der Waals surface area contributed by atoms with Crippen LogP contribution in [0.25, 0.3) is 0 Å². The number of benzene rings is 2. The van der Waals surface area contributed by atoms with Gasteiger partial charge < -0.3 is 14.4 Å². The van der Waals surface area contributed by atoms with E-state index in [9.17, 15) is 9.59 Å². The highest BCUT2D eigenvalue weighted by Gasteiger charge is 2.28. The zero-order chi connectivity index (χ0) is 22.5. The lowest BCUT2D eigenvalue weighted by molar-refractivity contribution is -0.147. The summed E-state index contributed by atoms with van der Waals surface area (Å²) < 4.78 is 11.0. The molecule has 0 fully saturated rings. The van der Waals surface area contributed by atoms with Crippen molar-refractivity contribution in [1.82, 2.24) is 4.98 Å². The molecule has 0 N–H and O–H groups in total. The number of ether oxygens (including phenoxy) is 2. The van der Waals surface area contributed by atoms with E-state index in [0.29, 0.717) is 12.3 Å². The molecule has 1 atom stereocenters. The van der Waals surface area contributed by atoms with Crippen LogP contribution in [0.4, 0.5) is 5.69 Å². The van der Waals surface area contributed by atoms with E-state index in [1.54, 1.807) is 4.90 Å². The van der Waals surface area contributed by atoms with Crippen LogP contribution in [0.2, 0.25) is 0 Å². The Balaban J connectivity index is 1.27. The summed E-state index contributed by atoms with van der Waals surface area (Å²) >= 11 is 1.43. The van der Waals surface area contributed by atoms with Crippen LogP contribution in [0.15, 0.2) is 53.9 Å². The van der Waals surface area contributed by atoms with Crippen LogP contribution in [0.1, 0.15) is 35.2 Å². The van der Waals surface area contributed by atoms with Gasteiger partial charge in [0.05, 0.1) is 12.1 Å². The van der Waals surface area contributed by atoms with E-state index in [4.69, 9.17) is 9.47 Å². The van der Waals surface area contributed by atoms with Gasteiger partial charge in [0.25, 0.3) is 5.91 Å². The molecule has 0 spiro atoms. The molecule has 0 saturated heterocycles. The Morgan fingerprint density at radius 1 is 1.16 bits per heavy atom. The number of amides is 1. The maximum absolute atomic E-state index is 12.8. The van der Waals surface area contributed by atoms with E-state index in [1.807, 2.05) is 67.8 Å². The van der Waals surface area contributed by atoms with Crippen LogP contribution >= 0.6 is 11.3 Å². The van der Waals surface area contributed by atoms with Crippen LogP contribution in [0.3, 0.4) is 0 Å². The average Bonchev–Trinajstić information content (AvgIpc) is 3.24. The molecule has 166 valence electrons. The first-order valence-electron chi connectivity index (χ1n) is 10.7. The molecule has 32 heavy (non-hydrogen) atoms. The van der Waals surface area contributed by atoms with Gasteiger partial charge in [-0.3, -0.25) is 9.59 Å². The summed E-state index contributed by atoms with van der Waals surface area (Å²) in [6.07, 6.45) is 1.87. The van der Waals surface area contributed by atoms with Crippen LogP contribution < -0.4 is 9.64 Å². The van der Waals surface area contributed by atoms with Gasteiger partial charge in [-0.2, -0.15) is 0 Å². The number of anilines is 1. The van der Waals surface area contributed by atoms with Gasteiger partial charge in [0.1, 0.15) is 17.4 Å². The van der Waals surface area contributed by atoms with Crippen LogP contribution in [-0.2, 0) is 33.8 Å². The quantitative estimate of drug-likeness (QED) is 0.496. The highest BCUT2D eigenvalue weighted by molar-refractivity contribution is 7.09. The standard InChI is InChI=1S/C25H26N2O4S/c1-17-7-11-21(12-8-17)30-14-23-26-20(16-32-23)13-25(29)31-15-24(28)27-18(2)9-10-19-5-3-4-6-22(19)27/h3-8,11-12,16,18H,9-10,13-15H2,1-2H3. The summed E-state index contributed by atoms with van der Waals surface area (Å²) in [6, 6.07) is 15.8. The summed E-state index contributed by atoms with van der Waals surface area (Å²) in [5.41, 5.74) is 3.84. The minimum absolute atomic E-state index is 0.0282. The zero-order valence-corrected chi connectivity index (χ0v) is 19.1. The van der Waals surface area contributed by atoms with E-state index in [2.05, 4.69) is 4.98 Å². The molecule has 2 aromatic carbocycles. The number of aromatic nitrogens is 1. The van der Waals surface area contributed by atoms with Crippen molar-refractivity contribution in [1.29, 1.82) is 0 Å². The fraction of sp³-hybridized carbons (Fsp3) is 0.320. The molecule has 0 saturated carbocycles. The first-order valence-corrected chi connectivity index (χ1v) is 11.6. The average molecular weight is 451 g/mol. The van der Waals surface area contributed by atoms with Crippen molar-refractivity contribution in [3.05, 3.63) is 75.7 Å². The highest BCUT2D eigenvalue weighted by atomic mass is 32.1. The first-order chi connectivity index (χ1) is 15.5. The van der Waals surface area contributed by atoms with Crippen molar-refractivity contribution in [2.24, 2.45) is 0 Å². The molecule has 0 bridgehead atoms. The van der Waals surface area contributed by atoms with Gasteiger partial charge in [0, 0.05) is 17.1 Å². The SMILES string of the molecule is Cc1ccc(OCc2nc(CC(=O)OCC(=O)N3c4ccccc4CCC3C)cs2)cc1. The van der Waals surface area contributed by atoms with Crippen LogP contribution in [0.5, 0.6) is 5.75 Å². The summed E-state index contributed by atoms with van der Waals surface area (Å²) in [5, 5.41) is 2.60. The fourth-order valence-corrected chi connectivity index (χ4v) is 4.46. The Labute approximate surface area is 191 Å². The smallest absolute Gasteiger partial charge is 0.312 e. The molecule has 1 amide bonds. The fourth-order valence-electron chi connectivity index (χ4n) is 3.75. The third kappa shape index (κ3) is 5.34. The monoisotopic (exact) mass is 450 g/mol. The van der Waals surface area contributed by atoms with Gasteiger partial charge in [-0.15, -0.1) is 11.3 Å². The van der Waals surface area contributed by atoms with Gasteiger partial charge in [-0.1, -0.05) is 35.9 Å². The topological polar surface area (TPSA) is 68.7 Å². The summed E-state index contributed by atoms with van der Waals surface area (Å²) in [4.78, 5) is 31.3. The Bertz CT molecular complexity index is 1090. The molecule has 1 aromatic heterocycles. The summed E-state index contributed by atoms with van der Waals surface area (Å²) in [6.45, 7) is 4.11. The van der Waals surface area contributed by atoms with E-state index in [0.717, 1.165) is 34.8 Å². The minimum atomic E-state index is -0.465. The highest BCUT2D eigenvalue weighted by Crippen LogP contribution is 2.30. The third-order valence-corrected chi connectivity index (χ3v) is 6.33. The number of para-hydroxylation sites is 1. The minimum Gasteiger partial charge on any atom is -0.486 e. The summed E-state index contributed by atoms with van der Waals surface area (Å²) in [5.74, 6) is 0.106. The Hall–Kier alpha value is -3.19. The molecular weight excluding hydrogens is 424 g/mol. The molecule has 0 radical (unpaired) electrons. The Kier molecular flexibility index (Phi) is 6.85. The third-order valence-electron chi connectivity index (χ3n) is 5.46. The molecule has 2 heterocycles. The second-order valence-corrected chi connectivity index (χ2v) is 8.89. The van der Waals surface area contributed by atoms with E-state index in [1.165, 1.54) is 16.9 Å². The van der Waals surface area contributed by atoms with Gasteiger partial charge in [0.15, 0.2) is 6.61 Å². The summed E-state index contributed by atoms with van der Waals surface area (Å²) in [7, 11) is 0. The van der Waals surface area contributed by atoms with Gasteiger partial charge in [0.2, 0.25) is 0 Å². The molecule has 0 aliphatic carbocycles. The number of nitrogens with zero attached hydrogens (tertiary/aromatic N) is 2. The first kappa shape index (κ1) is 22.0. The lowest BCUT2D eigenvalue weighted by Gasteiger charge is -2.35. The van der Waals surface area contributed by atoms with Gasteiger partial charge in [-0.25, -0.2) is 4.98 Å². The molecule has 7 heteroatoms. The normalized spacial score (nSPS) is 15.2. The Morgan fingerprint density at radius 3 is 2.75 bits per heavy atom. The van der Waals surface area contributed by atoms with Crippen molar-refractivity contribution >= 4 is 28.9 Å². The number of hydrogen-bond acceptors (Lipinski definition) is 6. The van der Waals surface area contributed by atoms with Gasteiger partial charge >= 0.3 is 5.97 Å². The molecular formula is C25H26N2O4S. The number of carbonyl (C=O) groups excluding carboxylic acids is 2. The molecule has 1 unspecified atom stereocenters. The van der Waals surface area contributed by atoms with Crippen molar-refractivity contribution < 1.29 is 19.1 Å². The zero-order valence-electron chi connectivity index (χ0n) is 18.2. The molecule has 1 aliphatic rings. The van der Waals surface area contributed by atoms with E-state index in [-0.39, 0.29) is 25.0 Å². The molecule has 1 aliphatic heterocycles. The van der Waals surface area contributed by atoms with Crippen LogP contribution in [0, 0.1) is 6.92 Å². The molecule has 3 aromatic rings. The second-order valence-electron chi connectivity index (χ2n) is 7.95. The van der Waals surface area contributed by atoms with Crippen LogP contribution in [-0.4, -0.2) is 29.5 Å².